The second-order valence-corrected chi connectivity index (χ2v) is 5.72. The van der Waals surface area contributed by atoms with Gasteiger partial charge >= 0.3 is 0 Å². The molecule has 0 aromatic carbocycles. The Labute approximate surface area is 89.4 Å². The number of β-lactam (4-membered cyclic amide) rings is 1. The minimum atomic E-state index is -0.201. The first-order valence-electron chi connectivity index (χ1n) is 5.40. The molecule has 3 unspecified atom stereocenters. The summed E-state index contributed by atoms with van der Waals surface area (Å²) in [4.78, 5) is 13.4. The quantitative estimate of drug-likeness (QED) is 0.708. The Balaban J connectivity index is 1.81. The fourth-order valence-electron chi connectivity index (χ4n) is 2.40. The number of thioether (sulfide) groups is 1. The average molecular weight is 214 g/mol. The summed E-state index contributed by atoms with van der Waals surface area (Å²) in [7, 11) is 0. The molecule has 2 N–H and O–H groups in total. The largest absolute Gasteiger partial charge is 0.336 e. The number of nitrogens with two attached hydrogens (primary N) is 1. The molecular weight excluding hydrogens is 196 g/mol. The molecule has 0 spiro atoms. The van der Waals surface area contributed by atoms with Gasteiger partial charge in [0.25, 0.3) is 0 Å². The van der Waals surface area contributed by atoms with Crippen LogP contribution in [0.2, 0.25) is 0 Å². The highest BCUT2D eigenvalue weighted by atomic mass is 32.2. The number of hydrogen-bond acceptors (Lipinski definition) is 3. The molecule has 1 saturated heterocycles. The van der Waals surface area contributed by atoms with Crippen molar-refractivity contribution < 1.29 is 4.79 Å². The Morgan fingerprint density at radius 1 is 1.57 bits per heavy atom. The molecule has 1 amide bonds. The second kappa shape index (κ2) is 4.11. The van der Waals surface area contributed by atoms with Gasteiger partial charge in [-0.1, -0.05) is 6.92 Å². The Hall–Kier alpha value is -0.220. The van der Waals surface area contributed by atoms with Crippen LogP contribution in [0.25, 0.3) is 0 Å². The van der Waals surface area contributed by atoms with Crippen LogP contribution in [0.4, 0.5) is 0 Å². The SMILES string of the molecule is CCSC1CCC(N2CC(N)C2=O)C1. The molecule has 1 heterocycles. The number of hydrogen-bond donors (Lipinski definition) is 1. The van der Waals surface area contributed by atoms with E-state index in [1.807, 2.05) is 16.7 Å². The van der Waals surface area contributed by atoms with Crippen LogP contribution in [-0.4, -0.2) is 40.4 Å². The predicted octanol–water partition coefficient (Wildman–Crippen LogP) is 0.830. The van der Waals surface area contributed by atoms with E-state index in [4.69, 9.17) is 5.73 Å². The van der Waals surface area contributed by atoms with Crippen LogP contribution >= 0.6 is 11.8 Å². The van der Waals surface area contributed by atoms with Crippen LogP contribution in [0.1, 0.15) is 26.2 Å². The summed E-state index contributed by atoms with van der Waals surface area (Å²) in [5.74, 6) is 1.35. The van der Waals surface area contributed by atoms with E-state index in [2.05, 4.69) is 6.92 Å². The zero-order valence-electron chi connectivity index (χ0n) is 8.61. The highest BCUT2D eigenvalue weighted by Gasteiger charge is 2.41. The van der Waals surface area contributed by atoms with E-state index in [1.165, 1.54) is 25.0 Å². The molecule has 1 aliphatic heterocycles. The average Bonchev–Trinajstić information content (AvgIpc) is 2.62. The van der Waals surface area contributed by atoms with E-state index >= 15 is 0 Å². The van der Waals surface area contributed by atoms with Gasteiger partial charge in [-0.3, -0.25) is 4.79 Å². The normalized spacial score (nSPS) is 37.4. The van der Waals surface area contributed by atoms with E-state index in [9.17, 15) is 4.79 Å². The summed E-state index contributed by atoms with van der Waals surface area (Å²) in [6, 6.07) is 0.291. The Morgan fingerprint density at radius 2 is 2.36 bits per heavy atom. The first-order chi connectivity index (χ1) is 6.72. The van der Waals surface area contributed by atoms with Crippen LogP contribution in [0.3, 0.4) is 0 Å². The molecule has 0 aromatic rings. The molecule has 14 heavy (non-hydrogen) atoms. The summed E-state index contributed by atoms with van der Waals surface area (Å²) < 4.78 is 0. The van der Waals surface area contributed by atoms with Crippen LogP contribution in [0.5, 0.6) is 0 Å². The maximum Gasteiger partial charge on any atom is 0.241 e. The number of carbonyl (C=O) groups is 1. The van der Waals surface area contributed by atoms with Crippen molar-refractivity contribution in [3.8, 4) is 0 Å². The molecule has 1 saturated carbocycles. The molecule has 4 heteroatoms. The van der Waals surface area contributed by atoms with Crippen molar-refractivity contribution in [2.75, 3.05) is 12.3 Å². The minimum Gasteiger partial charge on any atom is -0.336 e. The maximum atomic E-state index is 11.4. The Kier molecular flexibility index (Phi) is 3.02. The number of nitrogens with zero attached hydrogens (tertiary/aromatic N) is 1. The van der Waals surface area contributed by atoms with Gasteiger partial charge in [-0.2, -0.15) is 11.8 Å². The van der Waals surface area contributed by atoms with Crippen LogP contribution in [0, 0.1) is 0 Å². The van der Waals surface area contributed by atoms with Gasteiger partial charge in [0.1, 0.15) is 6.04 Å². The molecule has 1 aliphatic carbocycles. The van der Waals surface area contributed by atoms with Crippen molar-refractivity contribution in [1.29, 1.82) is 0 Å². The van der Waals surface area contributed by atoms with E-state index < -0.39 is 0 Å². The molecule has 0 aromatic heterocycles. The van der Waals surface area contributed by atoms with Gasteiger partial charge in [-0.25, -0.2) is 0 Å². The monoisotopic (exact) mass is 214 g/mol. The predicted molar refractivity (Wildman–Crippen MR) is 59.2 cm³/mol. The Bertz CT molecular complexity index is 234. The van der Waals surface area contributed by atoms with Crippen molar-refractivity contribution in [3.05, 3.63) is 0 Å². The van der Waals surface area contributed by atoms with Crippen LogP contribution in [0.15, 0.2) is 0 Å². The van der Waals surface area contributed by atoms with Gasteiger partial charge < -0.3 is 10.6 Å². The van der Waals surface area contributed by atoms with Gasteiger partial charge in [0.2, 0.25) is 5.91 Å². The maximum absolute atomic E-state index is 11.4. The first-order valence-corrected chi connectivity index (χ1v) is 6.45. The van der Waals surface area contributed by atoms with E-state index in [0.717, 1.165) is 11.8 Å². The van der Waals surface area contributed by atoms with E-state index in [-0.39, 0.29) is 11.9 Å². The van der Waals surface area contributed by atoms with Gasteiger partial charge in [-0.15, -0.1) is 0 Å². The van der Waals surface area contributed by atoms with Gasteiger partial charge in [0.15, 0.2) is 0 Å². The van der Waals surface area contributed by atoms with Crippen molar-refractivity contribution in [3.63, 3.8) is 0 Å². The third-order valence-corrected chi connectivity index (χ3v) is 4.43. The second-order valence-electron chi connectivity index (χ2n) is 4.14. The lowest BCUT2D eigenvalue weighted by molar-refractivity contribution is -0.145. The summed E-state index contributed by atoms with van der Waals surface area (Å²) in [5, 5.41) is 0.773. The summed E-state index contributed by atoms with van der Waals surface area (Å²) in [5.41, 5.74) is 5.58. The van der Waals surface area contributed by atoms with Gasteiger partial charge in [0, 0.05) is 17.8 Å². The lowest BCUT2D eigenvalue weighted by Gasteiger charge is -2.40. The van der Waals surface area contributed by atoms with E-state index in [0.29, 0.717) is 6.04 Å². The minimum absolute atomic E-state index is 0.164. The van der Waals surface area contributed by atoms with Gasteiger partial charge in [-0.05, 0) is 25.0 Å². The first kappa shape index (κ1) is 10.3. The number of carbonyl (C=O) groups excluding carboxylic acids is 1. The van der Waals surface area contributed by atoms with Crippen LogP contribution in [-0.2, 0) is 4.79 Å². The lowest BCUT2D eigenvalue weighted by Crippen LogP contribution is -2.63. The van der Waals surface area contributed by atoms with Crippen molar-refractivity contribution in [2.24, 2.45) is 5.73 Å². The smallest absolute Gasteiger partial charge is 0.241 e. The fourth-order valence-corrected chi connectivity index (χ4v) is 3.53. The molecule has 2 rings (SSSR count). The highest BCUT2D eigenvalue weighted by molar-refractivity contribution is 7.99. The topological polar surface area (TPSA) is 46.3 Å². The number of likely N-dealkylation sites (tertiary alicyclic amines) is 1. The van der Waals surface area contributed by atoms with Gasteiger partial charge in [0.05, 0.1) is 0 Å². The highest BCUT2D eigenvalue weighted by Crippen LogP contribution is 2.34. The molecule has 3 atom stereocenters. The third kappa shape index (κ3) is 1.77. The molecule has 0 bridgehead atoms. The van der Waals surface area contributed by atoms with Crippen molar-refractivity contribution >= 4 is 17.7 Å². The Morgan fingerprint density at radius 3 is 2.93 bits per heavy atom. The number of rotatable bonds is 3. The molecule has 2 fully saturated rings. The zero-order valence-corrected chi connectivity index (χ0v) is 9.43. The molecular formula is C10H18N2OS. The molecule has 0 radical (unpaired) electrons. The summed E-state index contributed by atoms with van der Waals surface area (Å²) in [6.45, 7) is 2.98. The molecule has 2 aliphatic rings. The van der Waals surface area contributed by atoms with Crippen molar-refractivity contribution in [2.45, 2.75) is 43.5 Å². The fraction of sp³-hybridized carbons (Fsp3) is 0.900. The standard InChI is InChI=1S/C10H18N2OS/c1-2-14-8-4-3-7(5-8)12-6-9(11)10(12)13/h7-9H,2-6,11H2,1H3. The molecule has 3 nitrogen and oxygen atoms in total. The lowest BCUT2D eigenvalue weighted by atomic mass is 10.0. The van der Waals surface area contributed by atoms with E-state index in [1.54, 1.807) is 0 Å². The zero-order chi connectivity index (χ0) is 10.1. The van der Waals surface area contributed by atoms with Crippen molar-refractivity contribution in [1.82, 2.24) is 4.90 Å². The summed E-state index contributed by atoms with van der Waals surface area (Å²) >= 11 is 2.03. The third-order valence-electron chi connectivity index (χ3n) is 3.19. The molecule has 80 valence electrons. The number of amides is 1. The summed E-state index contributed by atoms with van der Waals surface area (Å²) in [6.07, 6.45) is 3.62. The van der Waals surface area contributed by atoms with Crippen LogP contribution < -0.4 is 5.73 Å².